The van der Waals surface area contributed by atoms with Crippen molar-refractivity contribution in [1.82, 2.24) is 9.66 Å². The van der Waals surface area contributed by atoms with Crippen molar-refractivity contribution < 1.29 is 13.5 Å². The molecule has 3 aromatic rings. The summed E-state index contributed by atoms with van der Waals surface area (Å²) in [5.41, 5.74) is 0.975. The van der Waals surface area contributed by atoms with Crippen molar-refractivity contribution in [2.45, 2.75) is 13.5 Å². The van der Waals surface area contributed by atoms with Crippen molar-refractivity contribution in [1.29, 1.82) is 0 Å². The van der Waals surface area contributed by atoms with Gasteiger partial charge in [0, 0.05) is 0 Å². The fourth-order valence-electron chi connectivity index (χ4n) is 2.23. The number of hydrogen-bond acceptors (Lipinski definition) is 4. The van der Waals surface area contributed by atoms with Gasteiger partial charge in [-0.2, -0.15) is 18.6 Å². The number of aryl methyl sites for hydroxylation is 1. The summed E-state index contributed by atoms with van der Waals surface area (Å²) in [7, 11) is 0. The molecule has 5 nitrogen and oxygen atoms in total. The number of aromatic nitrogens is 2. The molecule has 7 heteroatoms. The smallest absolute Gasteiger partial charge is 0.387 e. The predicted molar refractivity (Wildman–Crippen MR) is 86.8 cm³/mol. The van der Waals surface area contributed by atoms with Crippen LogP contribution in [0.25, 0.3) is 10.9 Å². The first kappa shape index (κ1) is 15.8. The van der Waals surface area contributed by atoms with Crippen molar-refractivity contribution in [3.05, 3.63) is 70.3 Å². The van der Waals surface area contributed by atoms with Gasteiger partial charge in [-0.1, -0.05) is 12.1 Å². The van der Waals surface area contributed by atoms with Gasteiger partial charge in [-0.15, -0.1) is 0 Å². The number of ether oxygens (including phenoxy) is 1. The van der Waals surface area contributed by atoms with E-state index in [1.54, 1.807) is 37.3 Å². The molecule has 0 unspecified atom stereocenters. The molecule has 0 N–H and O–H groups in total. The summed E-state index contributed by atoms with van der Waals surface area (Å²) in [6.07, 6.45) is 1.46. The summed E-state index contributed by atoms with van der Waals surface area (Å²) in [5, 5.41) is 4.62. The Bertz CT molecular complexity index is 950. The molecule has 3 rings (SSSR count). The van der Waals surface area contributed by atoms with Gasteiger partial charge in [-0.05, 0) is 48.9 Å². The Labute approximate surface area is 135 Å². The molecule has 0 amide bonds. The first-order valence-electron chi connectivity index (χ1n) is 7.12. The van der Waals surface area contributed by atoms with Crippen LogP contribution in [0.15, 0.2) is 58.4 Å². The summed E-state index contributed by atoms with van der Waals surface area (Å²) in [6.45, 7) is -1.18. The van der Waals surface area contributed by atoms with E-state index in [0.29, 0.717) is 22.3 Å². The molecule has 0 bridgehead atoms. The molecule has 1 aromatic heterocycles. The topological polar surface area (TPSA) is 56.5 Å². The summed E-state index contributed by atoms with van der Waals surface area (Å²) in [4.78, 5) is 16.8. The zero-order valence-corrected chi connectivity index (χ0v) is 12.7. The van der Waals surface area contributed by atoms with Gasteiger partial charge in [0.05, 0.1) is 17.1 Å². The number of nitrogens with zero attached hydrogens (tertiary/aromatic N) is 3. The Morgan fingerprint density at radius 1 is 1.17 bits per heavy atom. The van der Waals surface area contributed by atoms with Crippen LogP contribution in [0.1, 0.15) is 11.4 Å². The van der Waals surface area contributed by atoms with Crippen LogP contribution in [0.3, 0.4) is 0 Å². The number of hydrogen-bond donors (Lipinski definition) is 0. The highest BCUT2D eigenvalue weighted by atomic mass is 19.3. The second-order valence-electron chi connectivity index (χ2n) is 4.99. The normalized spacial score (nSPS) is 11.5. The third kappa shape index (κ3) is 3.29. The molecular weight excluding hydrogens is 316 g/mol. The molecule has 24 heavy (non-hydrogen) atoms. The van der Waals surface area contributed by atoms with Gasteiger partial charge in [0.2, 0.25) is 0 Å². The lowest BCUT2D eigenvalue weighted by Gasteiger charge is -2.05. The standard InChI is InChI=1S/C17H13F2N3O2/c1-11-21-15-5-3-2-4-14(15)16(23)22(11)20-10-12-6-8-13(9-7-12)24-17(18)19/h2-10,17H,1H3/b20-10-. The van der Waals surface area contributed by atoms with E-state index < -0.39 is 6.61 Å². The van der Waals surface area contributed by atoms with E-state index in [-0.39, 0.29) is 11.3 Å². The molecule has 0 saturated heterocycles. The van der Waals surface area contributed by atoms with Gasteiger partial charge >= 0.3 is 6.61 Å². The molecule has 122 valence electrons. The highest BCUT2D eigenvalue weighted by Gasteiger charge is 2.06. The number of rotatable bonds is 4. The number of alkyl halides is 2. The fourth-order valence-corrected chi connectivity index (χ4v) is 2.23. The third-order valence-corrected chi connectivity index (χ3v) is 3.34. The quantitative estimate of drug-likeness (QED) is 0.691. The summed E-state index contributed by atoms with van der Waals surface area (Å²) >= 11 is 0. The maximum atomic E-state index is 12.5. The van der Waals surface area contributed by atoms with Gasteiger partial charge in [0.1, 0.15) is 11.6 Å². The van der Waals surface area contributed by atoms with E-state index in [0.717, 1.165) is 0 Å². The molecule has 0 fully saturated rings. The monoisotopic (exact) mass is 329 g/mol. The molecular formula is C17H13F2N3O2. The molecule has 0 atom stereocenters. The zero-order chi connectivity index (χ0) is 17.1. The van der Waals surface area contributed by atoms with Crippen molar-refractivity contribution in [2.24, 2.45) is 5.10 Å². The number of benzene rings is 2. The van der Waals surface area contributed by atoms with Crippen molar-refractivity contribution in [3.63, 3.8) is 0 Å². The molecule has 0 spiro atoms. The Balaban J connectivity index is 1.92. The van der Waals surface area contributed by atoms with E-state index in [2.05, 4.69) is 14.8 Å². The van der Waals surface area contributed by atoms with Crippen LogP contribution in [-0.4, -0.2) is 22.5 Å². The second-order valence-corrected chi connectivity index (χ2v) is 4.99. The number of para-hydroxylation sites is 1. The molecule has 0 aliphatic heterocycles. The lowest BCUT2D eigenvalue weighted by molar-refractivity contribution is -0.0498. The van der Waals surface area contributed by atoms with Crippen LogP contribution in [0.4, 0.5) is 8.78 Å². The zero-order valence-electron chi connectivity index (χ0n) is 12.7. The Morgan fingerprint density at radius 3 is 2.58 bits per heavy atom. The van der Waals surface area contributed by atoms with Crippen LogP contribution in [0.5, 0.6) is 5.75 Å². The number of halogens is 2. The van der Waals surface area contributed by atoms with Crippen LogP contribution >= 0.6 is 0 Å². The molecule has 1 heterocycles. The van der Waals surface area contributed by atoms with E-state index in [4.69, 9.17) is 0 Å². The summed E-state index contributed by atoms with van der Waals surface area (Å²) in [5.74, 6) is 0.510. The van der Waals surface area contributed by atoms with Crippen molar-refractivity contribution in [3.8, 4) is 5.75 Å². The van der Waals surface area contributed by atoms with Crippen LogP contribution < -0.4 is 10.3 Å². The second kappa shape index (κ2) is 6.57. The third-order valence-electron chi connectivity index (χ3n) is 3.34. The maximum absolute atomic E-state index is 12.5. The molecule has 0 aliphatic rings. The van der Waals surface area contributed by atoms with Crippen LogP contribution in [-0.2, 0) is 0 Å². The Hall–Kier alpha value is -3.09. The van der Waals surface area contributed by atoms with Gasteiger partial charge < -0.3 is 4.74 Å². The van der Waals surface area contributed by atoms with Crippen LogP contribution in [0.2, 0.25) is 0 Å². The van der Waals surface area contributed by atoms with Crippen molar-refractivity contribution in [2.75, 3.05) is 0 Å². The van der Waals surface area contributed by atoms with E-state index >= 15 is 0 Å². The first-order valence-corrected chi connectivity index (χ1v) is 7.12. The summed E-state index contributed by atoms with van der Waals surface area (Å²) < 4.78 is 29.7. The largest absolute Gasteiger partial charge is 0.435 e. The highest BCUT2D eigenvalue weighted by molar-refractivity contribution is 5.80. The SMILES string of the molecule is Cc1nc2ccccc2c(=O)n1/N=C\c1ccc(OC(F)F)cc1. The molecule has 0 saturated carbocycles. The molecule has 0 aliphatic carbocycles. The predicted octanol–water partition coefficient (Wildman–Crippen LogP) is 3.19. The van der Waals surface area contributed by atoms with E-state index in [9.17, 15) is 13.6 Å². The molecule has 0 radical (unpaired) electrons. The molecule has 2 aromatic carbocycles. The van der Waals surface area contributed by atoms with E-state index in [1.165, 1.54) is 23.0 Å². The average molecular weight is 329 g/mol. The first-order chi connectivity index (χ1) is 11.5. The number of fused-ring (bicyclic) bond motifs is 1. The minimum atomic E-state index is -2.87. The average Bonchev–Trinajstić information content (AvgIpc) is 2.55. The van der Waals surface area contributed by atoms with Crippen LogP contribution in [0, 0.1) is 6.92 Å². The lowest BCUT2D eigenvalue weighted by atomic mass is 10.2. The Kier molecular flexibility index (Phi) is 4.33. The fraction of sp³-hybridized carbons (Fsp3) is 0.118. The van der Waals surface area contributed by atoms with Gasteiger partial charge in [0.15, 0.2) is 0 Å². The maximum Gasteiger partial charge on any atom is 0.387 e. The minimum absolute atomic E-state index is 0.0582. The van der Waals surface area contributed by atoms with Crippen molar-refractivity contribution >= 4 is 17.1 Å². The lowest BCUT2D eigenvalue weighted by Crippen LogP contribution is -2.20. The van der Waals surface area contributed by atoms with Gasteiger partial charge in [0.25, 0.3) is 5.56 Å². The summed E-state index contributed by atoms with van der Waals surface area (Å²) in [6, 6.07) is 13.0. The van der Waals surface area contributed by atoms with Gasteiger partial charge in [-0.25, -0.2) is 4.98 Å². The van der Waals surface area contributed by atoms with E-state index in [1.807, 2.05) is 6.07 Å². The highest BCUT2D eigenvalue weighted by Crippen LogP contribution is 2.14. The minimum Gasteiger partial charge on any atom is -0.435 e. The van der Waals surface area contributed by atoms with Gasteiger partial charge in [-0.3, -0.25) is 4.79 Å². The Morgan fingerprint density at radius 2 is 1.88 bits per heavy atom.